The van der Waals surface area contributed by atoms with Crippen molar-refractivity contribution in [2.24, 2.45) is 4.99 Å². The molecule has 0 bridgehead atoms. The van der Waals surface area contributed by atoms with Crippen LogP contribution < -0.4 is 25.3 Å². The molecule has 1 aliphatic rings. The lowest BCUT2D eigenvalue weighted by atomic mass is 10.2. The van der Waals surface area contributed by atoms with Crippen LogP contribution in [0.25, 0.3) is 17.8 Å². The minimum Gasteiger partial charge on any atom is -0.494 e. The lowest BCUT2D eigenvalue weighted by Crippen LogP contribution is -2.12. The predicted molar refractivity (Wildman–Crippen MR) is 93.4 cm³/mol. The molecule has 0 fully saturated rings. The molecule has 0 unspecified atom stereocenters. The molecule has 2 N–H and O–H groups in total. The van der Waals surface area contributed by atoms with Crippen molar-refractivity contribution < 1.29 is 4.74 Å². The van der Waals surface area contributed by atoms with Crippen molar-refractivity contribution in [1.29, 1.82) is 0 Å². The Bertz CT molecular complexity index is 1100. The number of hydrogen-bond donors (Lipinski definition) is 2. The van der Waals surface area contributed by atoms with Crippen LogP contribution in [0.5, 0.6) is 5.75 Å². The Hall–Kier alpha value is -2.53. The minimum atomic E-state index is 0.818. The van der Waals surface area contributed by atoms with E-state index in [1.165, 1.54) is 10.1 Å². The largest absolute Gasteiger partial charge is 0.494 e. The van der Waals surface area contributed by atoms with Crippen LogP contribution in [-0.4, -0.2) is 17.1 Å². The standard InChI is InChI=1S/C18H17N3OS/c1-10-6-11(2)19-13(10)7-16-17(22-3)8-14(21-16)15-9-18-12(20-15)4-5-23-18/h4-9,19,21H,1-3H3/b15-14?,16-7-. The highest BCUT2D eigenvalue weighted by molar-refractivity contribution is 7.07. The molecule has 0 amide bonds. The zero-order valence-corrected chi connectivity index (χ0v) is 14.0. The number of nitrogens with zero attached hydrogens (tertiary/aromatic N) is 1. The highest BCUT2D eigenvalue weighted by Gasteiger charge is 2.07. The van der Waals surface area contributed by atoms with Crippen molar-refractivity contribution in [2.75, 3.05) is 7.11 Å². The van der Waals surface area contributed by atoms with Crippen LogP contribution in [0.1, 0.15) is 17.0 Å². The lowest BCUT2D eigenvalue weighted by molar-refractivity contribution is 0.412. The summed E-state index contributed by atoms with van der Waals surface area (Å²) in [4.78, 5) is 11.5. The summed E-state index contributed by atoms with van der Waals surface area (Å²) in [5.74, 6) is 0.818. The number of rotatable bonds is 2. The van der Waals surface area contributed by atoms with Crippen LogP contribution in [0, 0.1) is 13.8 Å². The number of aromatic nitrogens is 2. The van der Waals surface area contributed by atoms with Gasteiger partial charge in [0, 0.05) is 17.5 Å². The van der Waals surface area contributed by atoms with Gasteiger partial charge in [-0.3, -0.25) is 0 Å². The molecule has 0 atom stereocenters. The fraction of sp³-hybridized carbons (Fsp3) is 0.167. The first-order valence-corrected chi connectivity index (χ1v) is 8.31. The maximum atomic E-state index is 5.52. The number of aryl methyl sites for hydroxylation is 2. The van der Waals surface area contributed by atoms with Crippen LogP contribution in [0.15, 0.2) is 28.6 Å². The molecular weight excluding hydrogens is 306 g/mol. The van der Waals surface area contributed by atoms with E-state index in [1.54, 1.807) is 18.4 Å². The van der Waals surface area contributed by atoms with Crippen LogP contribution >= 0.6 is 11.3 Å². The predicted octanol–water partition coefficient (Wildman–Crippen LogP) is 1.08. The molecule has 1 aliphatic heterocycles. The summed E-state index contributed by atoms with van der Waals surface area (Å²) in [6.07, 6.45) is 4.19. The van der Waals surface area contributed by atoms with E-state index in [9.17, 15) is 0 Å². The third-order valence-electron chi connectivity index (χ3n) is 3.97. The number of thiophene rings is 1. The quantitative estimate of drug-likeness (QED) is 0.728. The third kappa shape index (κ3) is 2.43. The Morgan fingerprint density at radius 2 is 2.09 bits per heavy atom. The summed E-state index contributed by atoms with van der Waals surface area (Å²) >= 11 is 1.71. The summed E-state index contributed by atoms with van der Waals surface area (Å²) < 4.78 is 6.72. The van der Waals surface area contributed by atoms with Gasteiger partial charge in [-0.1, -0.05) is 0 Å². The van der Waals surface area contributed by atoms with E-state index in [-0.39, 0.29) is 0 Å². The number of nitrogens with one attached hydrogen (secondary N) is 2. The van der Waals surface area contributed by atoms with Gasteiger partial charge in [-0.2, -0.15) is 0 Å². The smallest absolute Gasteiger partial charge is 0.144 e. The summed E-state index contributed by atoms with van der Waals surface area (Å²) in [5.41, 5.74) is 4.40. The van der Waals surface area contributed by atoms with Gasteiger partial charge in [-0.25, -0.2) is 4.99 Å². The number of methoxy groups -OCH3 is 1. The van der Waals surface area contributed by atoms with Crippen LogP contribution in [-0.2, 0) is 0 Å². The second-order valence-corrected chi connectivity index (χ2v) is 6.62. The topological polar surface area (TPSA) is 53.2 Å². The second kappa shape index (κ2) is 5.28. The van der Waals surface area contributed by atoms with E-state index in [0.717, 1.165) is 38.9 Å². The number of hydrogen-bond acceptors (Lipinski definition) is 3. The van der Waals surface area contributed by atoms with E-state index >= 15 is 0 Å². The van der Waals surface area contributed by atoms with Crippen molar-refractivity contribution in [2.45, 2.75) is 13.8 Å². The number of ether oxygens (including phenoxy) is 1. The zero-order chi connectivity index (χ0) is 16.0. The SMILES string of the molecule is COc1cc(=C2C=c3sccc3=N2)[nH]/c1=C\c1[nH]c(C)cc1C. The Morgan fingerprint density at radius 3 is 2.78 bits per heavy atom. The summed E-state index contributed by atoms with van der Waals surface area (Å²) in [6.45, 7) is 4.15. The normalized spacial score (nSPS) is 16.2. The fourth-order valence-electron chi connectivity index (χ4n) is 2.85. The number of H-pyrrole nitrogens is 2. The van der Waals surface area contributed by atoms with E-state index < -0.39 is 0 Å². The molecule has 23 heavy (non-hydrogen) atoms. The van der Waals surface area contributed by atoms with Crippen LogP contribution in [0.4, 0.5) is 0 Å². The molecule has 4 nitrogen and oxygen atoms in total. The molecule has 4 rings (SSSR count). The average molecular weight is 323 g/mol. The Kier molecular flexibility index (Phi) is 3.23. The Morgan fingerprint density at radius 1 is 1.22 bits per heavy atom. The van der Waals surface area contributed by atoms with E-state index in [4.69, 9.17) is 4.74 Å². The Balaban J connectivity index is 1.92. The van der Waals surface area contributed by atoms with Gasteiger partial charge >= 0.3 is 0 Å². The number of aromatic amines is 2. The summed E-state index contributed by atoms with van der Waals surface area (Å²) in [6, 6.07) is 6.18. The van der Waals surface area contributed by atoms with Gasteiger partial charge < -0.3 is 14.7 Å². The monoisotopic (exact) mass is 323 g/mol. The molecule has 0 aromatic carbocycles. The van der Waals surface area contributed by atoms with Crippen LogP contribution in [0.2, 0.25) is 0 Å². The van der Waals surface area contributed by atoms with Gasteiger partial charge in [0.15, 0.2) is 0 Å². The molecule has 0 radical (unpaired) electrons. The van der Waals surface area contributed by atoms with Crippen molar-refractivity contribution in [3.8, 4) is 5.75 Å². The van der Waals surface area contributed by atoms with E-state index in [2.05, 4.69) is 52.4 Å². The molecule has 3 aromatic rings. The van der Waals surface area contributed by atoms with Crippen molar-refractivity contribution in [1.82, 2.24) is 9.97 Å². The maximum absolute atomic E-state index is 5.52. The lowest BCUT2D eigenvalue weighted by Gasteiger charge is -1.94. The molecule has 5 heteroatoms. The third-order valence-corrected chi connectivity index (χ3v) is 4.82. The molecule has 3 aromatic heterocycles. The second-order valence-electron chi connectivity index (χ2n) is 5.67. The van der Waals surface area contributed by atoms with Crippen molar-refractivity contribution in [3.05, 3.63) is 61.1 Å². The molecule has 116 valence electrons. The highest BCUT2D eigenvalue weighted by Crippen LogP contribution is 2.10. The van der Waals surface area contributed by atoms with E-state index in [0.29, 0.717) is 0 Å². The molecular formula is C18H17N3OS. The maximum Gasteiger partial charge on any atom is 0.144 e. The van der Waals surface area contributed by atoms with Crippen LogP contribution in [0.3, 0.4) is 0 Å². The van der Waals surface area contributed by atoms with Gasteiger partial charge in [0.05, 0.1) is 33.4 Å². The van der Waals surface area contributed by atoms with Gasteiger partial charge in [0.2, 0.25) is 0 Å². The molecule has 0 saturated carbocycles. The van der Waals surface area contributed by atoms with Gasteiger partial charge in [-0.05, 0) is 49.1 Å². The Labute approximate surface area is 137 Å². The van der Waals surface area contributed by atoms with Gasteiger partial charge in [-0.15, -0.1) is 11.3 Å². The first-order valence-electron chi connectivity index (χ1n) is 7.43. The molecule has 0 aliphatic carbocycles. The van der Waals surface area contributed by atoms with Crippen molar-refractivity contribution in [3.63, 3.8) is 0 Å². The fourth-order valence-corrected chi connectivity index (χ4v) is 3.61. The molecule has 0 spiro atoms. The molecule has 4 heterocycles. The number of fused-ring (bicyclic) bond motifs is 1. The van der Waals surface area contributed by atoms with E-state index in [1.807, 2.05) is 12.1 Å². The van der Waals surface area contributed by atoms with Crippen molar-refractivity contribution >= 4 is 29.2 Å². The minimum absolute atomic E-state index is 0.818. The summed E-state index contributed by atoms with van der Waals surface area (Å²) in [7, 11) is 1.69. The molecule has 0 saturated heterocycles. The summed E-state index contributed by atoms with van der Waals surface area (Å²) in [5, 5.41) is 5.02. The highest BCUT2D eigenvalue weighted by atomic mass is 32.1. The van der Waals surface area contributed by atoms with Gasteiger partial charge in [0.1, 0.15) is 5.75 Å². The average Bonchev–Trinajstić information content (AvgIpc) is 3.23. The first kappa shape index (κ1) is 14.1. The zero-order valence-electron chi connectivity index (χ0n) is 13.2. The van der Waals surface area contributed by atoms with Gasteiger partial charge in [0.25, 0.3) is 0 Å². The first-order chi connectivity index (χ1) is 11.1.